The summed E-state index contributed by atoms with van der Waals surface area (Å²) < 4.78 is 13.5. The minimum absolute atomic E-state index is 0.206. The van der Waals surface area contributed by atoms with Crippen molar-refractivity contribution in [2.24, 2.45) is 5.92 Å². The van der Waals surface area contributed by atoms with Crippen molar-refractivity contribution in [1.29, 1.82) is 0 Å². The van der Waals surface area contributed by atoms with E-state index in [1.165, 1.54) is 34.4 Å². The van der Waals surface area contributed by atoms with Gasteiger partial charge in [-0.2, -0.15) is 0 Å². The molecule has 1 aliphatic carbocycles. The number of fused-ring (bicyclic) bond motifs is 1. The molecule has 5 nitrogen and oxygen atoms in total. The first kappa shape index (κ1) is 19.9. The quantitative estimate of drug-likeness (QED) is 0.585. The summed E-state index contributed by atoms with van der Waals surface area (Å²) in [5.41, 5.74) is 4.21. The van der Waals surface area contributed by atoms with Crippen LogP contribution in [-0.2, 0) is 11.2 Å². The Hall–Kier alpha value is -3.06. The van der Waals surface area contributed by atoms with Gasteiger partial charge in [-0.1, -0.05) is 12.1 Å². The van der Waals surface area contributed by atoms with Crippen LogP contribution in [-0.4, -0.2) is 30.4 Å². The van der Waals surface area contributed by atoms with Gasteiger partial charge in [-0.3, -0.25) is 14.5 Å². The minimum atomic E-state index is -0.442. The molecule has 0 saturated heterocycles. The largest absolute Gasteiger partial charge is 0.312 e. The lowest BCUT2D eigenvalue weighted by atomic mass is 9.98. The number of hydrogen-bond donors (Lipinski definition) is 0. The second-order valence-corrected chi connectivity index (χ2v) is 8.94. The zero-order valence-corrected chi connectivity index (χ0v) is 18.0. The van der Waals surface area contributed by atoms with Crippen LogP contribution in [0.3, 0.4) is 0 Å². The van der Waals surface area contributed by atoms with E-state index in [1.54, 1.807) is 13.1 Å². The molecule has 1 fully saturated rings. The molecule has 1 saturated carbocycles. The number of anilines is 2. The van der Waals surface area contributed by atoms with Gasteiger partial charge < -0.3 is 4.90 Å². The van der Waals surface area contributed by atoms with E-state index in [4.69, 9.17) is 0 Å². The third kappa shape index (κ3) is 3.85. The van der Waals surface area contributed by atoms with Crippen molar-refractivity contribution >= 4 is 34.0 Å². The summed E-state index contributed by atoms with van der Waals surface area (Å²) >= 11 is 1.37. The molecule has 1 aliphatic heterocycles. The van der Waals surface area contributed by atoms with Crippen LogP contribution in [0, 0.1) is 11.7 Å². The van der Waals surface area contributed by atoms with Gasteiger partial charge in [-0.15, -0.1) is 11.3 Å². The molecule has 2 aliphatic rings. The molecule has 0 radical (unpaired) electrons. The maximum absolute atomic E-state index is 13.5. The number of benzene rings is 2. The molecule has 0 bridgehead atoms. The topological polar surface area (TPSA) is 53.5 Å². The summed E-state index contributed by atoms with van der Waals surface area (Å²) in [6.07, 6.45) is 3.91. The lowest BCUT2D eigenvalue weighted by molar-refractivity contribution is -0.119. The van der Waals surface area contributed by atoms with Gasteiger partial charge in [0, 0.05) is 41.7 Å². The van der Waals surface area contributed by atoms with E-state index in [-0.39, 0.29) is 23.3 Å². The Morgan fingerprint density at radius 2 is 2.03 bits per heavy atom. The normalized spacial score (nSPS) is 15.5. The second kappa shape index (κ2) is 7.89. The molecular formula is C24H22FN3O2S. The molecule has 31 heavy (non-hydrogen) atoms. The van der Waals surface area contributed by atoms with Crippen LogP contribution in [0.2, 0.25) is 0 Å². The molecule has 7 heteroatoms. The summed E-state index contributed by atoms with van der Waals surface area (Å²) in [6, 6.07) is 11.8. The number of rotatable bonds is 4. The monoisotopic (exact) mass is 435 g/mol. The third-order valence-corrected chi connectivity index (χ3v) is 6.76. The van der Waals surface area contributed by atoms with Gasteiger partial charge in [-0.05, 0) is 61.6 Å². The van der Waals surface area contributed by atoms with Gasteiger partial charge in [0.15, 0.2) is 5.13 Å². The fraction of sp³-hybridized carbons (Fsp3) is 0.292. The van der Waals surface area contributed by atoms with Crippen LogP contribution in [0.1, 0.15) is 35.2 Å². The van der Waals surface area contributed by atoms with E-state index in [2.05, 4.69) is 11.1 Å². The number of nitrogens with zero attached hydrogens (tertiary/aromatic N) is 3. The Kier molecular flexibility index (Phi) is 5.06. The van der Waals surface area contributed by atoms with E-state index in [9.17, 15) is 14.0 Å². The molecular weight excluding hydrogens is 413 g/mol. The van der Waals surface area contributed by atoms with Crippen molar-refractivity contribution < 1.29 is 14.0 Å². The van der Waals surface area contributed by atoms with Gasteiger partial charge in [0.05, 0.1) is 5.69 Å². The highest BCUT2D eigenvalue weighted by Gasteiger charge is 2.35. The molecule has 5 rings (SSSR count). The van der Waals surface area contributed by atoms with Gasteiger partial charge in [-0.25, -0.2) is 9.37 Å². The first-order valence-corrected chi connectivity index (χ1v) is 11.3. The summed E-state index contributed by atoms with van der Waals surface area (Å²) in [7, 11) is 1.64. The van der Waals surface area contributed by atoms with Crippen LogP contribution in [0.15, 0.2) is 47.8 Å². The molecule has 0 unspecified atom stereocenters. The Bertz CT molecular complexity index is 1170. The molecule has 2 amide bonds. The molecule has 0 N–H and O–H groups in total. The molecule has 0 atom stereocenters. The molecule has 0 spiro atoms. The fourth-order valence-corrected chi connectivity index (χ4v) is 4.79. The lowest BCUT2D eigenvalue weighted by Crippen LogP contribution is -2.36. The summed E-state index contributed by atoms with van der Waals surface area (Å²) in [6.45, 7) is 0.787. The van der Waals surface area contributed by atoms with Crippen molar-refractivity contribution in [2.75, 3.05) is 23.4 Å². The smallest absolute Gasteiger partial charge is 0.259 e. The summed E-state index contributed by atoms with van der Waals surface area (Å²) in [5.74, 6) is -0.289. The number of thiazole rings is 1. The summed E-state index contributed by atoms with van der Waals surface area (Å²) in [5, 5.41) is 2.47. The number of aromatic nitrogens is 1. The number of carbonyl (C=O) groups is 2. The predicted octanol–water partition coefficient (Wildman–Crippen LogP) is 4.92. The van der Waals surface area contributed by atoms with Crippen LogP contribution in [0.4, 0.5) is 15.2 Å². The van der Waals surface area contributed by atoms with Crippen LogP contribution in [0.5, 0.6) is 0 Å². The SMILES string of the molecule is CN(C(=O)c1cccc(F)c1)c1nc(-c2ccc3c(c2)CCCN3C(=O)C2CC2)cs1. The average Bonchev–Trinajstić information content (AvgIpc) is 3.53. The maximum atomic E-state index is 13.5. The maximum Gasteiger partial charge on any atom is 0.259 e. The molecule has 3 aromatic rings. The standard InChI is InChI=1S/C24H22FN3O2S/c1-27(22(29)18-4-2-6-19(25)13-18)24-26-20(14-31-24)16-9-10-21-17(12-16)5-3-11-28(21)23(30)15-7-8-15/h2,4,6,9-10,12-15H,3,5,7-8,11H2,1H3. The van der Waals surface area contributed by atoms with Crippen molar-refractivity contribution in [3.05, 3.63) is 64.8 Å². The number of amides is 2. The second-order valence-electron chi connectivity index (χ2n) is 8.10. The Morgan fingerprint density at radius 3 is 2.81 bits per heavy atom. The zero-order chi connectivity index (χ0) is 21.5. The van der Waals surface area contributed by atoms with Gasteiger partial charge in [0.1, 0.15) is 5.82 Å². The van der Waals surface area contributed by atoms with Gasteiger partial charge in [0.2, 0.25) is 5.91 Å². The predicted molar refractivity (Wildman–Crippen MR) is 120 cm³/mol. The minimum Gasteiger partial charge on any atom is -0.312 e. The highest BCUT2D eigenvalue weighted by Crippen LogP contribution is 2.37. The third-order valence-electron chi connectivity index (χ3n) is 5.84. The Morgan fingerprint density at radius 1 is 1.19 bits per heavy atom. The van der Waals surface area contributed by atoms with Crippen LogP contribution >= 0.6 is 11.3 Å². The summed E-state index contributed by atoms with van der Waals surface area (Å²) in [4.78, 5) is 33.3. The highest BCUT2D eigenvalue weighted by molar-refractivity contribution is 7.14. The molecule has 1 aromatic heterocycles. The lowest BCUT2D eigenvalue weighted by Gasteiger charge is -2.30. The van der Waals surface area contributed by atoms with Gasteiger partial charge >= 0.3 is 0 Å². The first-order valence-electron chi connectivity index (χ1n) is 10.4. The first-order chi connectivity index (χ1) is 15.0. The van der Waals surface area contributed by atoms with Crippen molar-refractivity contribution in [3.8, 4) is 11.3 Å². The molecule has 158 valence electrons. The van der Waals surface area contributed by atoms with Crippen LogP contribution < -0.4 is 9.80 Å². The molecule has 2 aromatic carbocycles. The van der Waals surface area contributed by atoms with Crippen molar-refractivity contribution in [1.82, 2.24) is 4.98 Å². The number of halogens is 1. The fourth-order valence-electron chi connectivity index (χ4n) is 3.99. The van der Waals surface area contributed by atoms with E-state index < -0.39 is 5.82 Å². The highest BCUT2D eigenvalue weighted by atomic mass is 32.1. The molecule has 2 heterocycles. The van der Waals surface area contributed by atoms with E-state index in [1.807, 2.05) is 22.4 Å². The van der Waals surface area contributed by atoms with E-state index >= 15 is 0 Å². The van der Waals surface area contributed by atoms with E-state index in [0.717, 1.165) is 54.7 Å². The average molecular weight is 436 g/mol. The Balaban J connectivity index is 1.38. The number of aryl methyl sites for hydroxylation is 1. The van der Waals surface area contributed by atoms with Crippen molar-refractivity contribution in [2.45, 2.75) is 25.7 Å². The van der Waals surface area contributed by atoms with E-state index in [0.29, 0.717) is 5.13 Å². The Labute approximate surface area is 184 Å². The van der Waals surface area contributed by atoms with Gasteiger partial charge in [0.25, 0.3) is 5.91 Å². The zero-order valence-electron chi connectivity index (χ0n) is 17.2. The van der Waals surface area contributed by atoms with Crippen LogP contribution in [0.25, 0.3) is 11.3 Å². The number of carbonyl (C=O) groups excluding carboxylic acids is 2. The van der Waals surface area contributed by atoms with Crippen molar-refractivity contribution in [3.63, 3.8) is 0 Å². The number of hydrogen-bond acceptors (Lipinski definition) is 4.